The summed E-state index contributed by atoms with van der Waals surface area (Å²) in [6.07, 6.45) is 1.14. The molecular formula is C9H24N2O3. The number of aliphatic hydroxyl groups excluding tert-OH is 3. The highest BCUT2D eigenvalue weighted by Crippen LogP contribution is 1.66. The Hall–Kier alpha value is -0.200. The molecule has 0 bridgehead atoms. The van der Waals surface area contributed by atoms with E-state index in [2.05, 4.69) is 17.6 Å². The molecule has 0 aliphatic carbocycles. The Bertz CT molecular complexity index is 66.5. The van der Waals surface area contributed by atoms with Crippen molar-refractivity contribution in [3.63, 3.8) is 0 Å². The van der Waals surface area contributed by atoms with Crippen LogP contribution in [0.25, 0.3) is 0 Å². The summed E-state index contributed by atoms with van der Waals surface area (Å²) in [4.78, 5) is 0. The van der Waals surface area contributed by atoms with E-state index in [0.717, 1.165) is 19.5 Å². The Labute approximate surface area is 86.1 Å². The van der Waals surface area contributed by atoms with Crippen LogP contribution in [-0.4, -0.2) is 61.3 Å². The van der Waals surface area contributed by atoms with Crippen molar-refractivity contribution in [3.8, 4) is 0 Å². The predicted molar refractivity (Wildman–Crippen MR) is 57.3 cm³/mol. The normalized spacial score (nSPS) is 9.43. The molecule has 0 aromatic heterocycles. The topological polar surface area (TPSA) is 84.8 Å². The summed E-state index contributed by atoms with van der Waals surface area (Å²) in [5.74, 6) is 0. The van der Waals surface area contributed by atoms with Crippen LogP contribution in [0.5, 0.6) is 0 Å². The lowest BCUT2D eigenvalue weighted by atomic mass is 10.5. The van der Waals surface area contributed by atoms with E-state index in [-0.39, 0.29) is 19.8 Å². The number of nitrogens with one attached hydrogen (secondary N) is 2. The van der Waals surface area contributed by atoms with Gasteiger partial charge in [-0.1, -0.05) is 6.92 Å². The quantitative estimate of drug-likeness (QED) is 0.315. The largest absolute Gasteiger partial charge is 0.395 e. The summed E-state index contributed by atoms with van der Waals surface area (Å²) in [5.41, 5.74) is 0. The molecule has 0 aromatic rings. The second-order valence-corrected chi connectivity index (χ2v) is 2.67. The molecule has 0 unspecified atom stereocenters. The molecule has 0 aliphatic heterocycles. The highest BCUT2D eigenvalue weighted by atomic mass is 16.3. The fraction of sp³-hybridized carbons (Fsp3) is 1.00. The SMILES string of the molecule is CCCNCCO.OCCNCCO. The van der Waals surface area contributed by atoms with Gasteiger partial charge in [0.25, 0.3) is 0 Å². The van der Waals surface area contributed by atoms with Crippen LogP contribution in [0.3, 0.4) is 0 Å². The van der Waals surface area contributed by atoms with Crippen LogP contribution < -0.4 is 10.6 Å². The lowest BCUT2D eigenvalue weighted by Crippen LogP contribution is -2.21. The zero-order valence-electron chi connectivity index (χ0n) is 9.00. The molecule has 0 aromatic carbocycles. The monoisotopic (exact) mass is 208 g/mol. The molecule has 0 spiro atoms. The first-order valence-electron chi connectivity index (χ1n) is 5.07. The summed E-state index contributed by atoms with van der Waals surface area (Å²) in [5, 5.41) is 30.3. The Morgan fingerprint density at radius 2 is 1.07 bits per heavy atom. The molecule has 88 valence electrons. The third kappa shape index (κ3) is 22.6. The van der Waals surface area contributed by atoms with Crippen molar-refractivity contribution in [3.05, 3.63) is 0 Å². The number of aliphatic hydroxyl groups is 3. The average Bonchev–Trinajstić information content (AvgIpc) is 2.21. The van der Waals surface area contributed by atoms with Gasteiger partial charge in [0.2, 0.25) is 0 Å². The maximum absolute atomic E-state index is 8.23. The van der Waals surface area contributed by atoms with Crippen molar-refractivity contribution in [1.82, 2.24) is 10.6 Å². The highest BCUT2D eigenvalue weighted by Gasteiger charge is 1.78. The van der Waals surface area contributed by atoms with Gasteiger partial charge in [-0.25, -0.2) is 0 Å². The van der Waals surface area contributed by atoms with E-state index < -0.39 is 0 Å². The van der Waals surface area contributed by atoms with E-state index in [1.54, 1.807) is 0 Å². The number of hydrogen-bond donors (Lipinski definition) is 5. The fourth-order valence-electron chi connectivity index (χ4n) is 0.664. The lowest BCUT2D eigenvalue weighted by Gasteiger charge is -1.95. The van der Waals surface area contributed by atoms with Crippen molar-refractivity contribution >= 4 is 0 Å². The van der Waals surface area contributed by atoms with E-state index in [1.807, 2.05) is 0 Å². The molecule has 0 atom stereocenters. The van der Waals surface area contributed by atoms with Crippen LogP contribution in [0, 0.1) is 0 Å². The van der Waals surface area contributed by atoms with Crippen LogP contribution in [0.15, 0.2) is 0 Å². The Kier molecular flexibility index (Phi) is 21.5. The summed E-state index contributed by atoms with van der Waals surface area (Å²) >= 11 is 0. The van der Waals surface area contributed by atoms with Gasteiger partial charge in [0, 0.05) is 19.6 Å². The van der Waals surface area contributed by atoms with Gasteiger partial charge in [0.1, 0.15) is 0 Å². The summed E-state index contributed by atoms with van der Waals surface area (Å²) in [7, 11) is 0. The van der Waals surface area contributed by atoms with Crippen LogP contribution in [-0.2, 0) is 0 Å². The first kappa shape index (κ1) is 16.2. The Balaban J connectivity index is 0. The Morgan fingerprint density at radius 3 is 1.36 bits per heavy atom. The van der Waals surface area contributed by atoms with Crippen molar-refractivity contribution in [2.45, 2.75) is 13.3 Å². The molecule has 0 saturated heterocycles. The van der Waals surface area contributed by atoms with Gasteiger partial charge in [0.15, 0.2) is 0 Å². The molecule has 0 aliphatic rings. The van der Waals surface area contributed by atoms with Gasteiger partial charge in [-0.05, 0) is 13.0 Å². The number of rotatable bonds is 8. The lowest BCUT2D eigenvalue weighted by molar-refractivity contribution is 0.266. The van der Waals surface area contributed by atoms with Crippen molar-refractivity contribution < 1.29 is 15.3 Å². The number of hydrogen-bond acceptors (Lipinski definition) is 5. The zero-order valence-corrected chi connectivity index (χ0v) is 9.00. The average molecular weight is 208 g/mol. The molecule has 0 rings (SSSR count). The van der Waals surface area contributed by atoms with Gasteiger partial charge in [-0.2, -0.15) is 0 Å². The zero-order chi connectivity index (χ0) is 11.1. The molecule has 0 saturated carbocycles. The highest BCUT2D eigenvalue weighted by molar-refractivity contribution is 4.40. The maximum atomic E-state index is 8.23. The first-order chi connectivity index (χ1) is 6.83. The van der Waals surface area contributed by atoms with E-state index >= 15 is 0 Å². The predicted octanol–water partition coefficient (Wildman–Crippen LogP) is -1.46. The fourth-order valence-corrected chi connectivity index (χ4v) is 0.664. The second kappa shape index (κ2) is 18.6. The molecule has 5 heteroatoms. The van der Waals surface area contributed by atoms with Gasteiger partial charge in [0.05, 0.1) is 19.8 Å². The second-order valence-electron chi connectivity index (χ2n) is 2.67. The van der Waals surface area contributed by atoms with Gasteiger partial charge in [-0.3, -0.25) is 0 Å². The van der Waals surface area contributed by atoms with E-state index in [1.165, 1.54) is 0 Å². The summed E-state index contributed by atoms with van der Waals surface area (Å²) in [6.45, 7) is 5.51. The minimum Gasteiger partial charge on any atom is -0.395 e. The van der Waals surface area contributed by atoms with Crippen molar-refractivity contribution in [2.24, 2.45) is 0 Å². The standard InChI is InChI=1S/C5H13NO.C4H11NO2/c1-2-3-6-4-5-7;6-3-1-5-2-4-7/h6-7H,2-5H2,1H3;5-7H,1-4H2. The van der Waals surface area contributed by atoms with Gasteiger partial charge in [-0.15, -0.1) is 0 Å². The maximum Gasteiger partial charge on any atom is 0.0555 e. The third-order valence-electron chi connectivity index (χ3n) is 1.29. The molecule has 5 N–H and O–H groups in total. The molecule has 0 fully saturated rings. The van der Waals surface area contributed by atoms with Crippen LogP contribution in [0.4, 0.5) is 0 Å². The minimum absolute atomic E-state index is 0.139. The minimum atomic E-state index is 0.139. The summed E-state index contributed by atoms with van der Waals surface area (Å²) < 4.78 is 0. The van der Waals surface area contributed by atoms with Crippen molar-refractivity contribution in [1.29, 1.82) is 0 Å². The van der Waals surface area contributed by atoms with Crippen LogP contribution in [0.1, 0.15) is 13.3 Å². The molecule has 0 amide bonds. The summed E-state index contributed by atoms with van der Waals surface area (Å²) in [6, 6.07) is 0. The van der Waals surface area contributed by atoms with E-state index in [4.69, 9.17) is 15.3 Å². The first-order valence-corrected chi connectivity index (χ1v) is 5.07. The molecule has 5 nitrogen and oxygen atoms in total. The third-order valence-corrected chi connectivity index (χ3v) is 1.29. The van der Waals surface area contributed by atoms with E-state index in [9.17, 15) is 0 Å². The molecule has 0 radical (unpaired) electrons. The van der Waals surface area contributed by atoms with Gasteiger partial charge >= 0.3 is 0 Å². The smallest absolute Gasteiger partial charge is 0.0555 e. The van der Waals surface area contributed by atoms with Crippen LogP contribution in [0.2, 0.25) is 0 Å². The van der Waals surface area contributed by atoms with Crippen LogP contribution >= 0.6 is 0 Å². The molecule has 14 heavy (non-hydrogen) atoms. The molecule has 0 heterocycles. The molecular weight excluding hydrogens is 184 g/mol. The van der Waals surface area contributed by atoms with Crippen molar-refractivity contribution in [2.75, 3.05) is 46.0 Å². The van der Waals surface area contributed by atoms with E-state index in [0.29, 0.717) is 13.1 Å². The van der Waals surface area contributed by atoms with Gasteiger partial charge < -0.3 is 26.0 Å². The Morgan fingerprint density at radius 1 is 0.714 bits per heavy atom.